The second kappa shape index (κ2) is 7.90. The normalized spacial score (nSPS) is 12.9. The second-order valence-electron chi connectivity index (χ2n) is 6.58. The summed E-state index contributed by atoms with van der Waals surface area (Å²) in [7, 11) is 0. The minimum Gasteiger partial charge on any atom is -0.322 e. The van der Waals surface area contributed by atoms with Gasteiger partial charge in [-0.2, -0.15) is 0 Å². The van der Waals surface area contributed by atoms with Crippen molar-refractivity contribution in [1.82, 2.24) is 4.98 Å². The molecule has 142 valence electrons. The van der Waals surface area contributed by atoms with Gasteiger partial charge in [0.2, 0.25) is 0 Å². The van der Waals surface area contributed by atoms with Crippen LogP contribution in [0.5, 0.6) is 0 Å². The van der Waals surface area contributed by atoms with Crippen molar-refractivity contribution in [1.29, 1.82) is 0 Å². The molecule has 0 spiro atoms. The molecule has 0 radical (unpaired) electrons. The van der Waals surface area contributed by atoms with E-state index in [1.807, 2.05) is 0 Å². The number of halogens is 1. The quantitative estimate of drug-likeness (QED) is 0.675. The summed E-state index contributed by atoms with van der Waals surface area (Å²) in [5.74, 6) is -1.08. The molecule has 2 N–H and O–H groups in total. The molecular weight excluding hydrogens is 377 g/mol. The third kappa shape index (κ3) is 3.80. The predicted octanol–water partition coefficient (Wildman–Crippen LogP) is 4.67. The van der Waals surface area contributed by atoms with Gasteiger partial charge in [0, 0.05) is 23.0 Å². The Morgan fingerprint density at radius 3 is 2.68 bits per heavy atom. The molecule has 4 rings (SSSR count). The van der Waals surface area contributed by atoms with Crippen LogP contribution in [0.15, 0.2) is 48.8 Å². The summed E-state index contributed by atoms with van der Waals surface area (Å²) in [5, 5.41) is 6.14. The van der Waals surface area contributed by atoms with Crippen LogP contribution in [0.2, 0.25) is 0 Å². The number of amides is 2. The molecule has 2 aromatic heterocycles. The monoisotopic (exact) mass is 395 g/mol. The van der Waals surface area contributed by atoms with Crippen LogP contribution in [0.1, 0.15) is 44.0 Å². The molecule has 2 amide bonds. The van der Waals surface area contributed by atoms with Gasteiger partial charge in [-0.1, -0.05) is 6.07 Å². The van der Waals surface area contributed by atoms with E-state index in [2.05, 4.69) is 15.6 Å². The number of fused-ring (bicyclic) bond motifs is 1. The Bertz CT molecular complexity index is 1030. The zero-order valence-electron chi connectivity index (χ0n) is 15.0. The van der Waals surface area contributed by atoms with Gasteiger partial charge in [-0.25, -0.2) is 4.39 Å². The maximum absolute atomic E-state index is 13.5. The first-order chi connectivity index (χ1) is 13.6. The maximum atomic E-state index is 13.5. The van der Waals surface area contributed by atoms with Crippen molar-refractivity contribution in [3.8, 4) is 0 Å². The molecule has 3 aromatic rings. The lowest BCUT2D eigenvalue weighted by Crippen LogP contribution is -2.18. The fourth-order valence-corrected chi connectivity index (χ4v) is 4.61. The van der Waals surface area contributed by atoms with Gasteiger partial charge < -0.3 is 10.6 Å². The number of carbonyl (C=O) groups is 2. The van der Waals surface area contributed by atoms with Crippen molar-refractivity contribution >= 4 is 33.8 Å². The second-order valence-corrected chi connectivity index (χ2v) is 7.68. The van der Waals surface area contributed by atoms with E-state index < -0.39 is 5.82 Å². The minimum atomic E-state index is -0.421. The van der Waals surface area contributed by atoms with Crippen molar-refractivity contribution in [2.24, 2.45) is 0 Å². The summed E-state index contributed by atoms with van der Waals surface area (Å²) in [6.07, 6.45) is 6.83. The van der Waals surface area contributed by atoms with Gasteiger partial charge in [-0.05, 0) is 61.6 Å². The number of anilines is 2. The van der Waals surface area contributed by atoms with Gasteiger partial charge in [-0.3, -0.25) is 14.6 Å². The first-order valence-corrected chi connectivity index (χ1v) is 9.86. The molecule has 0 atom stereocenters. The standard InChI is InChI=1S/C21H18FN3O2S/c22-14-6-3-7-15(11-14)24-20(27)18-16-8-1-2-9-17(16)28-21(18)25-19(26)13-5-4-10-23-12-13/h3-7,10-12H,1-2,8-9H2,(H,24,27)(H,25,26). The van der Waals surface area contributed by atoms with E-state index in [4.69, 9.17) is 0 Å². The maximum Gasteiger partial charge on any atom is 0.258 e. The SMILES string of the molecule is O=C(Nc1sc2c(c1C(=O)Nc1cccc(F)c1)CCCC2)c1cccnc1. The zero-order valence-corrected chi connectivity index (χ0v) is 15.8. The number of hydrogen-bond donors (Lipinski definition) is 2. The van der Waals surface area contributed by atoms with Crippen molar-refractivity contribution in [3.05, 3.63) is 76.2 Å². The van der Waals surface area contributed by atoms with Gasteiger partial charge in [0.05, 0.1) is 11.1 Å². The number of pyridine rings is 1. The fourth-order valence-electron chi connectivity index (χ4n) is 3.33. The summed E-state index contributed by atoms with van der Waals surface area (Å²) >= 11 is 1.44. The molecule has 1 aromatic carbocycles. The van der Waals surface area contributed by atoms with Crippen LogP contribution in [-0.2, 0) is 12.8 Å². The molecule has 2 heterocycles. The molecule has 0 saturated heterocycles. The number of aryl methyl sites for hydroxylation is 1. The van der Waals surface area contributed by atoms with E-state index in [1.54, 1.807) is 30.5 Å². The molecule has 1 aliphatic carbocycles. The third-order valence-corrected chi connectivity index (χ3v) is 5.84. The number of nitrogens with zero attached hydrogens (tertiary/aromatic N) is 1. The molecule has 1 aliphatic rings. The average Bonchev–Trinajstić information content (AvgIpc) is 3.06. The highest BCUT2D eigenvalue weighted by Gasteiger charge is 2.26. The predicted molar refractivity (Wildman–Crippen MR) is 108 cm³/mol. The summed E-state index contributed by atoms with van der Waals surface area (Å²) in [5.41, 5.74) is 2.25. The number of carbonyl (C=O) groups excluding carboxylic acids is 2. The van der Waals surface area contributed by atoms with E-state index in [1.165, 1.54) is 29.7 Å². The largest absolute Gasteiger partial charge is 0.322 e. The number of benzene rings is 1. The molecule has 0 aliphatic heterocycles. The summed E-state index contributed by atoms with van der Waals surface area (Å²) in [6.45, 7) is 0. The Labute approximate surface area is 165 Å². The molecule has 0 fully saturated rings. The Kier molecular flexibility index (Phi) is 5.16. The molecule has 5 nitrogen and oxygen atoms in total. The van der Waals surface area contributed by atoms with E-state index >= 15 is 0 Å². The van der Waals surface area contributed by atoms with Gasteiger partial charge >= 0.3 is 0 Å². The van der Waals surface area contributed by atoms with Crippen molar-refractivity contribution in [3.63, 3.8) is 0 Å². The van der Waals surface area contributed by atoms with Crippen LogP contribution in [0.4, 0.5) is 15.1 Å². The summed E-state index contributed by atoms with van der Waals surface area (Å²) < 4.78 is 13.5. The summed E-state index contributed by atoms with van der Waals surface area (Å²) in [6, 6.07) is 9.12. The van der Waals surface area contributed by atoms with Crippen LogP contribution in [-0.4, -0.2) is 16.8 Å². The molecule has 0 bridgehead atoms. The van der Waals surface area contributed by atoms with Crippen LogP contribution in [0.25, 0.3) is 0 Å². The lowest BCUT2D eigenvalue weighted by Gasteiger charge is -2.13. The van der Waals surface area contributed by atoms with E-state index in [9.17, 15) is 14.0 Å². The number of thiophene rings is 1. The number of hydrogen-bond acceptors (Lipinski definition) is 4. The van der Waals surface area contributed by atoms with Crippen molar-refractivity contribution in [2.45, 2.75) is 25.7 Å². The van der Waals surface area contributed by atoms with Crippen LogP contribution in [0.3, 0.4) is 0 Å². The van der Waals surface area contributed by atoms with Gasteiger partial charge in [0.1, 0.15) is 10.8 Å². The molecule has 28 heavy (non-hydrogen) atoms. The highest BCUT2D eigenvalue weighted by molar-refractivity contribution is 7.17. The van der Waals surface area contributed by atoms with Gasteiger partial charge in [0.15, 0.2) is 0 Å². The Balaban J connectivity index is 1.66. The Morgan fingerprint density at radius 2 is 1.89 bits per heavy atom. The van der Waals surface area contributed by atoms with E-state index in [0.29, 0.717) is 21.8 Å². The fraction of sp³-hybridized carbons (Fsp3) is 0.190. The first kappa shape index (κ1) is 18.3. The smallest absolute Gasteiger partial charge is 0.258 e. The van der Waals surface area contributed by atoms with Crippen LogP contribution >= 0.6 is 11.3 Å². The molecule has 7 heteroatoms. The lowest BCUT2D eigenvalue weighted by atomic mass is 9.95. The zero-order chi connectivity index (χ0) is 19.5. The molecule has 0 saturated carbocycles. The van der Waals surface area contributed by atoms with Crippen molar-refractivity contribution < 1.29 is 14.0 Å². The molecular formula is C21H18FN3O2S. The topological polar surface area (TPSA) is 71.1 Å². The molecule has 0 unspecified atom stereocenters. The Morgan fingerprint density at radius 1 is 1.04 bits per heavy atom. The number of rotatable bonds is 4. The van der Waals surface area contributed by atoms with E-state index in [0.717, 1.165) is 36.1 Å². The van der Waals surface area contributed by atoms with Crippen LogP contribution < -0.4 is 10.6 Å². The number of nitrogens with one attached hydrogen (secondary N) is 2. The van der Waals surface area contributed by atoms with Gasteiger partial charge in [0.25, 0.3) is 11.8 Å². The Hall–Kier alpha value is -3.06. The highest BCUT2D eigenvalue weighted by Crippen LogP contribution is 2.38. The highest BCUT2D eigenvalue weighted by atomic mass is 32.1. The van der Waals surface area contributed by atoms with Gasteiger partial charge in [-0.15, -0.1) is 11.3 Å². The first-order valence-electron chi connectivity index (χ1n) is 9.04. The third-order valence-electron chi connectivity index (χ3n) is 4.63. The van der Waals surface area contributed by atoms with Crippen LogP contribution in [0, 0.1) is 5.82 Å². The van der Waals surface area contributed by atoms with Crippen molar-refractivity contribution in [2.75, 3.05) is 10.6 Å². The summed E-state index contributed by atoms with van der Waals surface area (Å²) in [4.78, 5) is 30.7. The van der Waals surface area contributed by atoms with E-state index in [-0.39, 0.29) is 11.8 Å². The number of aromatic nitrogens is 1. The minimum absolute atomic E-state index is 0.313. The average molecular weight is 395 g/mol. The lowest BCUT2D eigenvalue weighted by molar-refractivity contribution is 0.102.